The number of carbonyl (C=O) groups is 1. The molecule has 0 saturated carbocycles. The summed E-state index contributed by atoms with van der Waals surface area (Å²) in [5, 5.41) is 6.24. The van der Waals surface area contributed by atoms with E-state index < -0.39 is 0 Å². The summed E-state index contributed by atoms with van der Waals surface area (Å²) in [6.07, 6.45) is 5.30. The Morgan fingerprint density at radius 1 is 1.24 bits per heavy atom. The third-order valence-corrected chi connectivity index (χ3v) is 5.35. The number of nitrogens with zero attached hydrogens (tertiary/aromatic N) is 3. The average molecular weight is 398 g/mol. The van der Waals surface area contributed by atoms with Crippen LogP contribution in [0.3, 0.4) is 0 Å². The molecule has 156 valence electrons. The highest BCUT2D eigenvalue weighted by atomic mass is 16.5. The fourth-order valence-corrected chi connectivity index (χ4v) is 3.66. The summed E-state index contributed by atoms with van der Waals surface area (Å²) in [5.41, 5.74) is 1.05. The molecule has 0 aliphatic carbocycles. The standard InChI is InChI=1S/C22H31N5O2/c1-3-23-20-14-21(26-16-25-20)27-11-9-17(10-12-27)7-8-22(28)24-15-18-5-4-6-19(13-18)29-2/h4-6,13-14,16-17H,3,7-12,15H2,1-2H3,(H,24,28)(H,23,25,26). The smallest absolute Gasteiger partial charge is 0.220 e. The van der Waals surface area contributed by atoms with Gasteiger partial charge >= 0.3 is 0 Å². The van der Waals surface area contributed by atoms with Crippen molar-refractivity contribution in [2.24, 2.45) is 5.92 Å². The van der Waals surface area contributed by atoms with Crippen molar-refractivity contribution in [3.63, 3.8) is 0 Å². The number of nitrogens with one attached hydrogen (secondary N) is 2. The van der Waals surface area contributed by atoms with Crippen LogP contribution in [-0.2, 0) is 11.3 Å². The molecule has 1 aromatic heterocycles. The first-order valence-electron chi connectivity index (χ1n) is 10.4. The molecular formula is C22H31N5O2. The van der Waals surface area contributed by atoms with E-state index in [1.165, 1.54) is 0 Å². The molecule has 1 fully saturated rings. The zero-order valence-electron chi connectivity index (χ0n) is 17.4. The van der Waals surface area contributed by atoms with Crippen molar-refractivity contribution < 1.29 is 9.53 Å². The Hall–Kier alpha value is -2.83. The predicted octanol–water partition coefficient (Wildman–Crippen LogP) is 3.23. The van der Waals surface area contributed by atoms with E-state index in [0.29, 0.717) is 18.9 Å². The average Bonchev–Trinajstić information content (AvgIpc) is 2.77. The number of ether oxygens (including phenoxy) is 1. The maximum atomic E-state index is 12.2. The minimum absolute atomic E-state index is 0.112. The Morgan fingerprint density at radius 3 is 2.83 bits per heavy atom. The van der Waals surface area contributed by atoms with Crippen molar-refractivity contribution in [2.75, 3.05) is 37.0 Å². The molecule has 1 aliphatic rings. The van der Waals surface area contributed by atoms with Crippen LogP contribution in [0.1, 0.15) is 38.2 Å². The molecule has 7 heteroatoms. The molecule has 1 aliphatic heterocycles. The number of aromatic nitrogens is 2. The third-order valence-electron chi connectivity index (χ3n) is 5.35. The SMILES string of the molecule is CCNc1cc(N2CCC(CCC(=O)NCc3cccc(OC)c3)CC2)ncn1. The highest BCUT2D eigenvalue weighted by Gasteiger charge is 2.21. The van der Waals surface area contributed by atoms with Gasteiger partial charge in [-0.3, -0.25) is 4.79 Å². The first-order valence-corrected chi connectivity index (χ1v) is 10.4. The predicted molar refractivity (Wildman–Crippen MR) is 115 cm³/mol. The van der Waals surface area contributed by atoms with E-state index in [1.807, 2.05) is 30.3 Å². The van der Waals surface area contributed by atoms with Crippen LogP contribution in [0.4, 0.5) is 11.6 Å². The molecule has 1 saturated heterocycles. The maximum absolute atomic E-state index is 12.2. The second-order valence-corrected chi connectivity index (χ2v) is 7.39. The van der Waals surface area contributed by atoms with Crippen LogP contribution >= 0.6 is 0 Å². The van der Waals surface area contributed by atoms with Gasteiger partial charge in [0.2, 0.25) is 5.91 Å². The Kier molecular flexibility index (Phi) is 7.67. The zero-order valence-corrected chi connectivity index (χ0v) is 17.4. The van der Waals surface area contributed by atoms with Crippen LogP contribution in [0.2, 0.25) is 0 Å². The lowest BCUT2D eigenvalue weighted by atomic mass is 9.92. The lowest BCUT2D eigenvalue weighted by Gasteiger charge is -2.32. The number of rotatable bonds is 9. The number of carbonyl (C=O) groups excluding carboxylic acids is 1. The largest absolute Gasteiger partial charge is 0.497 e. The normalized spacial score (nSPS) is 14.5. The van der Waals surface area contributed by atoms with Crippen molar-refractivity contribution >= 4 is 17.5 Å². The fourth-order valence-electron chi connectivity index (χ4n) is 3.66. The molecule has 2 heterocycles. The fraction of sp³-hybridized carbons (Fsp3) is 0.500. The van der Waals surface area contributed by atoms with Crippen LogP contribution < -0.4 is 20.3 Å². The number of benzene rings is 1. The van der Waals surface area contributed by atoms with E-state index in [9.17, 15) is 4.79 Å². The molecule has 29 heavy (non-hydrogen) atoms. The quantitative estimate of drug-likeness (QED) is 0.676. The number of methoxy groups -OCH3 is 1. The number of hydrogen-bond donors (Lipinski definition) is 2. The van der Waals surface area contributed by atoms with E-state index in [0.717, 1.165) is 61.8 Å². The second-order valence-electron chi connectivity index (χ2n) is 7.39. The maximum Gasteiger partial charge on any atom is 0.220 e. The molecule has 7 nitrogen and oxygen atoms in total. The van der Waals surface area contributed by atoms with E-state index >= 15 is 0 Å². The molecule has 0 radical (unpaired) electrons. The number of hydrogen-bond acceptors (Lipinski definition) is 6. The van der Waals surface area contributed by atoms with Gasteiger partial charge in [-0.2, -0.15) is 0 Å². The molecule has 3 rings (SSSR count). The minimum Gasteiger partial charge on any atom is -0.497 e. The zero-order chi connectivity index (χ0) is 20.5. The second kappa shape index (κ2) is 10.6. The van der Waals surface area contributed by atoms with Gasteiger partial charge in [-0.05, 0) is 49.8 Å². The first kappa shape index (κ1) is 20.9. The lowest BCUT2D eigenvalue weighted by molar-refractivity contribution is -0.121. The summed E-state index contributed by atoms with van der Waals surface area (Å²) in [4.78, 5) is 23.2. The summed E-state index contributed by atoms with van der Waals surface area (Å²) >= 11 is 0. The topological polar surface area (TPSA) is 79.4 Å². The highest BCUT2D eigenvalue weighted by Crippen LogP contribution is 2.25. The van der Waals surface area contributed by atoms with E-state index in [2.05, 4.69) is 32.4 Å². The Balaban J connectivity index is 1.38. The van der Waals surface area contributed by atoms with Crippen LogP contribution in [0, 0.1) is 5.92 Å². The first-order chi connectivity index (χ1) is 14.2. The monoisotopic (exact) mass is 397 g/mol. The van der Waals surface area contributed by atoms with E-state index in [4.69, 9.17) is 4.74 Å². The molecule has 0 spiro atoms. The Morgan fingerprint density at radius 2 is 2.07 bits per heavy atom. The third kappa shape index (κ3) is 6.34. The molecule has 0 unspecified atom stereocenters. The van der Waals surface area contributed by atoms with Crippen LogP contribution in [-0.4, -0.2) is 42.6 Å². The van der Waals surface area contributed by atoms with Gasteiger partial charge in [0.1, 0.15) is 23.7 Å². The molecule has 2 N–H and O–H groups in total. The highest BCUT2D eigenvalue weighted by molar-refractivity contribution is 5.75. The van der Waals surface area contributed by atoms with Gasteiger partial charge in [0, 0.05) is 38.7 Å². The van der Waals surface area contributed by atoms with Gasteiger partial charge in [0.05, 0.1) is 7.11 Å². The summed E-state index contributed by atoms with van der Waals surface area (Å²) in [5.74, 6) is 3.35. The molecule has 2 aromatic rings. The molecule has 0 atom stereocenters. The van der Waals surface area contributed by atoms with Crippen LogP contribution in [0.5, 0.6) is 5.75 Å². The van der Waals surface area contributed by atoms with Crippen molar-refractivity contribution in [3.8, 4) is 5.75 Å². The van der Waals surface area contributed by atoms with Crippen LogP contribution in [0.15, 0.2) is 36.7 Å². The molecule has 0 bridgehead atoms. The van der Waals surface area contributed by atoms with Crippen molar-refractivity contribution in [1.29, 1.82) is 0 Å². The van der Waals surface area contributed by atoms with Crippen LogP contribution in [0.25, 0.3) is 0 Å². The summed E-state index contributed by atoms with van der Waals surface area (Å²) in [6.45, 7) is 5.38. The van der Waals surface area contributed by atoms with Gasteiger partial charge < -0.3 is 20.3 Å². The number of anilines is 2. The van der Waals surface area contributed by atoms with Gasteiger partial charge in [0.25, 0.3) is 0 Å². The minimum atomic E-state index is 0.112. The molecule has 1 aromatic carbocycles. The van der Waals surface area contributed by atoms with Gasteiger partial charge in [-0.15, -0.1) is 0 Å². The number of amides is 1. The van der Waals surface area contributed by atoms with E-state index in [1.54, 1.807) is 13.4 Å². The van der Waals surface area contributed by atoms with E-state index in [-0.39, 0.29) is 5.91 Å². The summed E-state index contributed by atoms with van der Waals surface area (Å²) < 4.78 is 5.22. The van der Waals surface area contributed by atoms with Crippen molar-refractivity contribution in [1.82, 2.24) is 15.3 Å². The number of piperidine rings is 1. The molecule has 1 amide bonds. The Bertz CT molecular complexity index is 790. The van der Waals surface area contributed by atoms with Crippen molar-refractivity contribution in [2.45, 2.75) is 39.2 Å². The van der Waals surface area contributed by atoms with Gasteiger partial charge in [-0.1, -0.05) is 12.1 Å². The summed E-state index contributed by atoms with van der Waals surface area (Å²) in [7, 11) is 1.65. The van der Waals surface area contributed by atoms with Gasteiger partial charge in [0.15, 0.2) is 0 Å². The lowest BCUT2D eigenvalue weighted by Crippen LogP contribution is -2.34. The molecular weight excluding hydrogens is 366 g/mol. The van der Waals surface area contributed by atoms with Crippen molar-refractivity contribution in [3.05, 3.63) is 42.2 Å². The summed E-state index contributed by atoms with van der Waals surface area (Å²) in [6, 6.07) is 9.79. The van der Waals surface area contributed by atoms with Gasteiger partial charge in [-0.25, -0.2) is 9.97 Å². The Labute approximate surface area is 172 Å².